The number of fused-ring (bicyclic) bond motifs is 3. The maximum Gasteiger partial charge on any atom is 0.289 e. The fourth-order valence-electron chi connectivity index (χ4n) is 6.07. The molecule has 6 nitrogen and oxygen atoms in total. The van der Waals surface area contributed by atoms with E-state index in [2.05, 4.69) is 11.8 Å². The van der Waals surface area contributed by atoms with Gasteiger partial charge in [-0.2, -0.15) is 8.42 Å². The largest absolute Gasteiger partial charge is 0.299 e. The van der Waals surface area contributed by atoms with Crippen LogP contribution in [0.15, 0.2) is 66.7 Å². The first-order valence-electron chi connectivity index (χ1n) is 12.4. The Hall–Kier alpha value is -3.47. The van der Waals surface area contributed by atoms with Crippen molar-refractivity contribution in [2.24, 2.45) is 16.7 Å². The number of ketones is 1. The monoisotopic (exact) mass is 515 g/mol. The number of carbonyl (C=O) groups excluding carboxylic acids is 2. The Morgan fingerprint density at radius 3 is 2.32 bits per heavy atom. The van der Waals surface area contributed by atoms with Crippen LogP contribution in [0.2, 0.25) is 0 Å². The van der Waals surface area contributed by atoms with Gasteiger partial charge in [-0.3, -0.25) is 9.59 Å². The van der Waals surface area contributed by atoms with Gasteiger partial charge in [-0.05, 0) is 59.2 Å². The molecule has 2 bridgehead atoms. The first-order valence-corrected chi connectivity index (χ1v) is 13.9. The Morgan fingerprint density at radius 2 is 1.68 bits per heavy atom. The van der Waals surface area contributed by atoms with Gasteiger partial charge in [-0.1, -0.05) is 68.2 Å². The van der Waals surface area contributed by atoms with E-state index in [-0.39, 0.29) is 11.7 Å². The van der Waals surface area contributed by atoms with E-state index in [1.54, 1.807) is 18.2 Å². The molecule has 5 rings (SSSR count). The molecule has 0 spiro atoms. The zero-order valence-corrected chi connectivity index (χ0v) is 22.0. The van der Waals surface area contributed by atoms with Crippen molar-refractivity contribution in [1.29, 1.82) is 0 Å². The lowest BCUT2D eigenvalue weighted by atomic mass is 9.70. The average Bonchev–Trinajstić information content (AvgIpc) is 3.21. The van der Waals surface area contributed by atoms with Crippen molar-refractivity contribution in [3.63, 3.8) is 0 Å². The van der Waals surface area contributed by atoms with Crippen LogP contribution in [-0.2, 0) is 19.2 Å². The van der Waals surface area contributed by atoms with Gasteiger partial charge in [-0.25, -0.2) is 5.06 Å². The number of nitrogens with zero attached hydrogens (tertiary/aromatic N) is 1. The summed E-state index contributed by atoms with van der Waals surface area (Å²) in [4.78, 5) is 26.1. The lowest BCUT2D eigenvalue weighted by molar-refractivity contribution is -0.128. The van der Waals surface area contributed by atoms with Crippen LogP contribution in [0.5, 0.6) is 0 Å². The van der Waals surface area contributed by atoms with E-state index in [1.807, 2.05) is 62.4 Å². The number of Topliss-reactive ketones (excluding diaryl/α,β-unsaturated/α-hetero) is 1. The highest BCUT2D eigenvalue weighted by Gasteiger charge is 2.65. The summed E-state index contributed by atoms with van der Waals surface area (Å²) in [5, 5.41) is 2.17. The zero-order valence-electron chi connectivity index (χ0n) is 21.2. The van der Waals surface area contributed by atoms with Crippen LogP contribution in [0, 0.1) is 28.6 Å². The number of carbonyl (C=O) groups is 2. The van der Waals surface area contributed by atoms with Crippen LogP contribution in [-0.4, -0.2) is 38.0 Å². The van der Waals surface area contributed by atoms with Crippen molar-refractivity contribution < 1.29 is 22.3 Å². The first kappa shape index (κ1) is 25.2. The van der Waals surface area contributed by atoms with Crippen LogP contribution in [0.25, 0.3) is 10.8 Å². The third-order valence-corrected chi connectivity index (χ3v) is 9.64. The fourth-order valence-corrected chi connectivity index (χ4v) is 7.81. The molecule has 2 aliphatic carbocycles. The summed E-state index contributed by atoms with van der Waals surface area (Å²) in [5.41, 5.74) is 0.545. The van der Waals surface area contributed by atoms with Gasteiger partial charge in [0.2, 0.25) is 0 Å². The molecule has 1 amide bonds. The topological polar surface area (TPSA) is 80.8 Å². The van der Waals surface area contributed by atoms with E-state index in [4.69, 9.17) is 4.28 Å². The van der Waals surface area contributed by atoms with Gasteiger partial charge < -0.3 is 0 Å². The Balaban J connectivity index is 1.40. The van der Waals surface area contributed by atoms with E-state index in [9.17, 15) is 18.0 Å². The van der Waals surface area contributed by atoms with Crippen molar-refractivity contribution in [2.75, 3.05) is 12.8 Å². The average molecular weight is 516 g/mol. The smallest absolute Gasteiger partial charge is 0.289 e. The van der Waals surface area contributed by atoms with Crippen LogP contribution in [0.3, 0.4) is 0 Å². The summed E-state index contributed by atoms with van der Waals surface area (Å²) in [6, 6.07) is 20.4. The van der Waals surface area contributed by atoms with E-state index < -0.39 is 32.6 Å². The lowest BCUT2D eigenvalue weighted by Crippen LogP contribution is -2.44. The summed E-state index contributed by atoms with van der Waals surface area (Å²) < 4.78 is 31.5. The molecule has 7 heteroatoms. The highest BCUT2D eigenvalue weighted by atomic mass is 32.2. The van der Waals surface area contributed by atoms with Gasteiger partial charge in [-0.15, -0.1) is 4.28 Å². The SMILES string of the molecule is CN(OS(=O)(=O)CC12CCC(CC1=O)C2(C)C)C(=O)c1ccc(C#Cc2ccccc2)c2ccccc12. The molecular formula is C30H29NO5S. The van der Waals surface area contributed by atoms with Crippen molar-refractivity contribution in [3.05, 3.63) is 83.4 Å². The van der Waals surface area contributed by atoms with Crippen molar-refractivity contribution in [3.8, 4) is 11.8 Å². The number of benzene rings is 3. The molecule has 0 aromatic heterocycles. The zero-order chi connectivity index (χ0) is 26.4. The summed E-state index contributed by atoms with van der Waals surface area (Å²) >= 11 is 0. The molecule has 2 atom stereocenters. The van der Waals surface area contributed by atoms with Crippen molar-refractivity contribution in [2.45, 2.75) is 33.1 Å². The van der Waals surface area contributed by atoms with Gasteiger partial charge in [0.1, 0.15) is 5.78 Å². The summed E-state index contributed by atoms with van der Waals surface area (Å²) in [6.07, 6.45) is 1.76. The molecular weight excluding hydrogens is 486 g/mol. The molecule has 190 valence electrons. The molecule has 2 fully saturated rings. The van der Waals surface area contributed by atoms with E-state index in [0.717, 1.165) is 28.0 Å². The van der Waals surface area contributed by atoms with Crippen LogP contribution in [0.1, 0.15) is 54.6 Å². The van der Waals surface area contributed by atoms with Gasteiger partial charge in [0, 0.05) is 30.2 Å². The van der Waals surface area contributed by atoms with Crippen molar-refractivity contribution in [1.82, 2.24) is 5.06 Å². The standard InChI is InChI=1S/C30H29NO5S/c1-29(2)23-17-18-30(29,27(32)19-23)20-37(34,35)36-31(3)28(33)26-16-15-22(24-11-7-8-12-25(24)26)14-13-21-9-5-4-6-10-21/h4-12,15-16,23H,17-20H2,1-3H3. The molecule has 3 aromatic rings. The molecule has 0 aliphatic heterocycles. The van der Waals surface area contributed by atoms with Crippen LogP contribution in [0.4, 0.5) is 0 Å². The number of hydrogen-bond acceptors (Lipinski definition) is 5. The van der Waals surface area contributed by atoms with Crippen molar-refractivity contribution >= 4 is 32.6 Å². The molecule has 2 aliphatic rings. The molecule has 2 saturated carbocycles. The maximum absolute atomic E-state index is 13.3. The summed E-state index contributed by atoms with van der Waals surface area (Å²) in [5.74, 6) is 5.45. The van der Waals surface area contributed by atoms with Crippen LogP contribution < -0.4 is 0 Å². The van der Waals surface area contributed by atoms with Gasteiger partial charge >= 0.3 is 0 Å². The van der Waals surface area contributed by atoms with E-state index in [0.29, 0.717) is 23.8 Å². The third kappa shape index (κ3) is 4.35. The Labute approximate surface area is 217 Å². The highest BCUT2D eigenvalue weighted by molar-refractivity contribution is 7.86. The Morgan fingerprint density at radius 1 is 1.00 bits per heavy atom. The second-order valence-corrected chi connectivity index (χ2v) is 12.1. The van der Waals surface area contributed by atoms with Gasteiger partial charge in [0.25, 0.3) is 16.0 Å². The molecule has 2 unspecified atom stereocenters. The minimum absolute atomic E-state index is 0.0203. The number of hydroxylamine groups is 2. The normalized spacial score (nSPS) is 22.0. The van der Waals surface area contributed by atoms with Gasteiger partial charge in [0.05, 0.1) is 11.2 Å². The minimum atomic E-state index is -4.20. The third-order valence-electron chi connectivity index (χ3n) is 8.34. The highest BCUT2D eigenvalue weighted by Crippen LogP contribution is 2.64. The first-order chi connectivity index (χ1) is 17.5. The molecule has 3 aromatic carbocycles. The predicted octanol–water partition coefficient (Wildman–Crippen LogP) is 4.97. The molecule has 0 heterocycles. The van der Waals surface area contributed by atoms with Crippen LogP contribution >= 0.6 is 0 Å². The van der Waals surface area contributed by atoms with E-state index in [1.165, 1.54) is 7.05 Å². The number of rotatable bonds is 5. The summed E-state index contributed by atoms with van der Waals surface area (Å²) in [7, 11) is -2.92. The molecule has 37 heavy (non-hydrogen) atoms. The number of hydrogen-bond donors (Lipinski definition) is 0. The van der Waals surface area contributed by atoms with E-state index >= 15 is 0 Å². The Kier molecular flexibility index (Phi) is 6.21. The fraction of sp³-hybridized carbons (Fsp3) is 0.333. The maximum atomic E-state index is 13.3. The quantitative estimate of drug-likeness (QED) is 0.354. The Bertz CT molecular complexity index is 1570. The lowest BCUT2D eigenvalue weighted by Gasteiger charge is -2.36. The second kappa shape index (κ2) is 9.13. The van der Waals surface area contributed by atoms with Gasteiger partial charge in [0.15, 0.2) is 0 Å². The molecule has 0 saturated heterocycles. The molecule has 0 N–H and O–H groups in total. The second-order valence-electron chi connectivity index (χ2n) is 10.6. The molecule has 0 radical (unpaired) electrons. The predicted molar refractivity (Wildman–Crippen MR) is 142 cm³/mol. The summed E-state index contributed by atoms with van der Waals surface area (Å²) in [6.45, 7) is 3.93. The number of amides is 1. The minimum Gasteiger partial charge on any atom is -0.299 e.